The van der Waals surface area contributed by atoms with Crippen LogP contribution in [0.1, 0.15) is 16.2 Å². The van der Waals surface area contributed by atoms with Crippen LogP contribution < -0.4 is 10.1 Å². The molecule has 0 spiro atoms. The third-order valence-electron chi connectivity index (χ3n) is 3.60. The molecule has 1 aromatic carbocycles. The van der Waals surface area contributed by atoms with Crippen molar-refractivity contribution in [1.82, 2.24) is 24.3 Å². The lowest BCUT2D eigenvalue weighted by Gasteiger charge is -2.05. The van der Waals surface area contributed by atoms with Crippen molar-refractivity contribution < 1.29 is 17.9 Å². The van der Waals surface area contributed by atoms with Gasteiger partial charge in [0.05, 0.1) is 24.2 Å². The van der Waals surface area contributed by atoms with E-state index in [1.54, 1.807) is 24.0 Å². The van der Waals surface area contributed by atoms with Crippen LogP contribution in [0.15, 0.2) is 53.7 Å². The molecular formula is C16H17N5O4S. The number of nitrogens with one attached hydrogen (secondary N) is 1. The first-order valence-corrected chi connectivity index (χ1v) is 9.06. The van der Waals surface area contributed by atoms with Crippen LogP contribution in [0.2, 0.25) is 0 Å². The van der Waals surface area contributed by atoms with Crippen molar-refractivity contribution in [1.29, 1.82) is 0 Å². The van der Waals surface area contributed by atoms with Crippen LogP contribution in [0.25, 0.3) is 0 Å². The highest BCUT2D eigenvalue weighted by Crippen LogP contribution is 2.17. The predicted molar refractivity (Wildman–Crippen MR) is 92.2 cm³/mol. The van der Waals surface area contributed by atoms with Crippen LogP contribution in [-0.2, 0) is 23.6 Å². The fraction of sp³-hybridized carbons (Fsp3) is 0.188. The zero-order valence-electron chi connectivity index (χ0n) is 14.2. The molecule has 10 heteroatoms. The molecule has 3 rings (SSSR count). The van der Waals surface area contributed by atoms with E-state index in [4.69, 9.17) is 4.74 Å². The summed E-state index contributed by atoms with van der Waals surface area (Å²) in [4.78, 5) is 12.2. The SMILES string of the molecule is COc1ccc(S(=O)(=O)n2ccc(C(=O)NCc3ccn(C)n3)n2)cc1. The minimum atomic E-state index is -3.89. The predicted octanol–water partition coefficient (Wildman–Crippen LogP) is 0.792. The van der Waals surface area contributed by atoms with E-state index in [1.807, 2.05) is 0 Å². The van der Waals surface area contributed by atoms with Crippen LogP contribution >= 0.6 is 0 Å². The van der Waals surface area contributed by atoms with Crippen molar-refractivity contribution in [3.05, 3.63) is 60.2 Å². The van der Waals surface area contributed by atoms with Crippen molar-refractivity contribution in [2.24, 2.45) is 7.05 Å². The van der Waals surface area contributed by atoms with Gasteiger partial charge in [-0.15, -0.1) is 0 Å². The highest BCUT2D eigenvalue weighted by Gasteiger charge is 2.20. The van der Waals surface area contributed by atoms with E-state index in [2.05, 4.69) is 15.5 Å². The van der Waals surface area contributed by atoms with Gasteiger partial charge in [-0.25, -0.2) is 0 Å². The summed E-state index contributed by atoms with van der Waals surface area (Å²) >= 11 is 0. The molecule has 2 heterocycles. The molecule has 3 aromatic rings. The van der Waals surface area contributed by atoms with Gasteiger partial charge < -0.3 is 10.1 Å². The molecule has 26 heavy (non-hydrogen) atoms. The molecule has 2 aromatic heterocycles. The van der Waals surface area contributed by atoms with Gasteiger partial charge in [-0.1, -0.05) is 0 Å². The lowest BCUT2D eigenvalue weighted by Crippen LogP contribution is -2.24. The number of methoxy groups -OCH3 is 1. The van der Waals surface area contributed by atoms with Gasteiger partial charge in [0.25, 0.3) is 15.9 Å². The Kier molecular flexibility index (Phi) is 4.76. The van der Waals surface area contributed by atoms with E-state index < -0.39 is 15.9 Å². The normalized spacial score (nSPS) is 11.3. The van der Waals surface area contributed by atoms with Crippen LogP contribution in [0, 0.1) is 0 Å². The van der Waals surface area contributed by atoms with E-state index in [0.29, 0.717) is 11.4 Å². The fourth-order valence-corrected chi connectivity index (χ4v) is 3.35. The number of benzene rings is 1. The Morgan fingerprint density at radius 2 is 1.85 bits per heavy atom. The highest BCUT2D eigenvalue weighted by atomic mass is 32.2. The largest absolute Gasteiger partial charge is 0.497 e. The van der Waals surface area contributed by atoms with E-state index in [9.17, 15) is 13.2 Å². The maximum Gasteiger partial charge on any atom is 0.282 e. The van der Waals surface area contributed by atoms with Crippen LogP contribution in [0.3, 0.4) is 0 Å². The maximum absolute atomic E-state index is 12.6. The molecule has 0 aliphatic carbocycles. The molecule has 0 aliphatic heterocycles. The molecule has 0 aliphatic rings. The van der Waals surface area contributed by atoms with E-state index >= 15 is 0 Å². The molecule has 0 fully saturated rings. The summed E-state index contributed by atoms with van der Waals surface area (Å²) in [6, 6.07) is 9.02. The number of amides is 1. The summed E-state index contributed by atoms with van der Waals surface area (Å²) in [5.74, 6) is 0.0540. The van der Waals surface area contributed by atoms with E-state index in [1.165, 1.54) is 43.6 Å². The van der Waals surface area contributed by atoms with Crippen molar-refractivity contribution in [3.8, 4) is 5.75 Å². The Morgan fingerprint density at radius 3 is 2.46 bits per heavy atom. The first-order chi connectivity index (χ1) is 12.4. The molecular weight excluding hydrogens is 358 g/mol. The molecule has 0 radical (unpaired) electrons. The van der Waals surface area contributed by atoms with E-state index in [0.717, 1.165) is 4.09 Å². The van der Waals surface area contributed by atoms with Crippen molar-refractivity contribution in [2.45, 2.75) is 11.4 Å². The Bertz CT molecular complexity index is 1020. The second-order valence-electron chi connectivity index (χ2n) is 5.42. The van der Waals surface area contributed by atoms with Crippen molar-refractivity contribution >= 4 is 15.9 Å². The number of carbonyl (C=O) groups excluding carboxylic acids is 1. The molecule has 1 N–H and O–H groups in total. The van der Waals surface area contributed by atoms with Gasteiger partial charge in [0, 0.05) is 19.4 Å². The summed E-state index contributed by atoms with van der Waals surface area (Å²) in [6.07, 6.45) is 2.99. The molecule has 136 valence electrons. The molecule has 0 bridgehead atoms. The summed E-state index contributed by atoms with van der Waals surface area (Å²) in [5, 5.41) is 10.7. The topological polar surface area (TPSA) is 108 Å². The quantitative estimate of drug-likeness (QED) is 0.682. The highest BCUT2D eigenvalue weighted by molar-refractivity contribution is 7.89. The average Bonchev–Trinajstić information content (AvgIpc) is 3.29. The van der Waals surface area contributed by atoms with Gasteiger partial charge in [-0.2, -0.15) is 22.7 Å². The molecule has 0 atom stereocenters. The number of hydrogen-bond acceptors (Lipinski definition) is 6. The third kappa shape index (κ3) is 3.59. The number of rotatable bonds is 6. The smallest absolute Gasteiger partial charge is 0.282 e. The third-order valence-corrected chi connectivity index (χ3v) is 5.17. The summed E-state index contributed by atoms with van der Waals surface area (Å²) in [5.41, 5.74) is 0.684. The van der Waals surface area contributed by atoms with Gasteiger partial charge in [0.2, 0.25) is 0 Å². The first kappa shape index (κ1) is 17.7. The molecule has 0 saturated carbocycles. The maximum atomic E-state index is 12.6. The van der Waals surface area contributed by atoms with Gasteiger partial charge in [-0.05, 0) is 36.4 Å². The lowest BCUT2D eigenvalue weighted by atomic mass is 10.3. The summed E-state index contributed by atoms with van der Waals surface area (Å²) in [7, 11) is -0.618. The van der Waals surface area contributed by atoms with Gasteiger partial charge in [0.1, 0.15) is 5.75 Å². The fourth-order valence-electron chi connectivity index (χ4n) is 2.24. The number of aromatic nitrogens is 4. The minimum absolute atomic E-state index is 0.00184. The zero-order chi connectivity index (χ0) is 18.7. The standard InChI is InChI=1S/C16H17N5O4S/c1-20-9-7-12(18-20)11-17-16(22)15-8-10-21(19-15)26(23,24)14-5-3-13(25-2)4-6-14/h3-10H,11H2,1-2H3,(H,17,22). The van der Waals surface area contributed by atoms with Gasteiger partial charge in [-0.3, -0.25) is 9.48 Å². The Labute approximate surface area is 150 Å². The molecule has 1 amide bonds. The number of hydrogen-bond donors (Lipinski definition) is 1. The Balaban J connectivity index is 1.74. The molecule has 0 saturated heterocycles. The monoisotopic (exact) mass is 375 g/mol. The Morgan fingerprint density at radius 1 is 1.12 bits per heavy atom. The Hall–Kier alpha value is -3.14. The van der Waals surface area contributed by atoms with E-state index in [-0.39, 0.29) is 17.1 Å². The number of nitrogens with zero attached hydrogens (tertiary/aromatic N) is 4. The molecule has 0 unspecified atom stereocenters. The van der Waals surface area contributed by atoms with Crippen molar-refractivity contribution in [3.63, 3.8) is 0 Å². The second-order valence-corrected chi connectivity index (χ2v) is 7.21. The lowest BCUT2D eigenvalue weighted by molar-refractivity contribution is 0.0945. The second kappa shape index (κ2) is 7.00. The van der Waals surface area contributed by atoms with Crippen LogP contribution in [-0.4, -0.2) is 40.4 Å². The first-order valence-electron chi connectivity index (χ1n) is 7.62. The number of carbonyl (C=O) groups is 1. The minimum Gasteiger partial charge on any atom is -0.497 e. The average molecular weight is 375 g/mol. The zero-order valence-corrected chi connectivity index (χ0v) is 15.0. The van der Waals surface area contributed by atoms with Gasteiger partial charge in [0.15, 0.2) is 5.69 Å². The van der Waals surface area contributed by atoms with Crippen LogP contribution in [0.4, 0.5) is 0 Å². The summed E-state index contributed by atoms with van der Waals surface area (Å²) in [6.45, 7) is 0.220. The van der Waals surface area contributed by atoms with Crippen LogP contribution in [0.5, 0.6) is 5.75 Å². The number of aryl methyl sites for hydroxylation is 1. The number of ether oxygens (including phenoxy) is 1. The van der Waals surface area contributed by atoms with Gasteiger partial charge >= 0.3 is 0 Å². The van der Waals surface area contributed by atoms with Crippen molar-refractivity contribution in [2.75, 3.05) is 7.11 Å². The summed E-state index contributed by atoms with van der Waals surface area (Å²) < 4.78 is 32.5. The molecule has 9 nitrogen and oxygen atoms in total.